The molecule has 0 aliphatic carbocycles. The molecule has 0 unspecified atom stereocenters. The van der Waals surface area contributed by atoms with Crippen LogP contribution in [0.2, 0.25) is 0 Å². The summed E-state index contributed by atoms with van der Waals surface area (Å²) in [5.74, 6) is 0.492. The summed E-state index contributed by atoms with van der Waals surface area (Å²) in [6, 6.07) is 4.43. The summed E-state index contributed by atoms with van der Waals surface area (Å²) >= 11 is 0. The second kappa shape index (κ2) is 3.40. The van der Waals surface area contributed by atoms with Crippen molar-refractivity contribution in [3.05, 3.63) is 24.4 Å². The SMILES string of the molecule is NC(=O)[N]Nc1ccccn1. The van der Waals surface area contributed by atoms with Crippen molar-refractivity contribution in [2.24, 2.45) is 5.73 Å². The summed E-state index contributed by atoms with van der Waals surface area (Å²) in [4.78, 5) is 14.0. The van der Waals surface area contributed by atoms with E-state index in [2.05, 4.69) is 15.8 Å². The molecule has 0 aliphatic rings. The minimum absolute atomic E-state index is 0.492. The number of carbonyl (C=O) groups excluding carboxylic acids is 1. The monoisotopic (exact) mass is 151 g/mol. The number of aromatic nitrogens is 1. The zero-order valence-electron chi connectivity index (χ0n) is 5.69. The molecule has 0 spiro atoms. The van der Waals surface area contributed by atoms with Gasteiger partial charge in [-0.25, -0.2) is 9.78 Å². The van der Waals surface area contributed by atoms with Gasteiger partial charge in [0, 0.05) is 6.20 Å². The Bertz CT molecular complexity index is 236. The molecule has 2 amide bonds. The van der Waals surface area contributed by atoms with Gasteiger partial charge in [-0.15, -0.1) is 5.43 Å². The van der Waals surface area contributed by atoms with E-state index in [0.717, 1.165) is 0 Å². The minimum Gasteiger partial charge on any atom is -0.348 e. The molecule has 57 valence electrons. The Hall–Kier alpha value is -1.78. The van der Waals surface area contributed by atoms with Gasteiger partial charge in [0.25, 0.3) is 0 Å². The summed E-state index contributed by atoms with van der Waals surface area (Å²) in [6.45, 7) is 0. The molecule has 1 radical (unpaired) electrons. The van der Waals surface area contributed by atoms with E-state index in [1.54, 1.807) is 24.4 Å². The van der Waals surface area contributed by atoms with E-state index in [-0.39, 0.29) is 0 Å². The van der Waals surface area contributed by atoms with Gasteiger partial charge in [-0.3, -0.25) is 5.43 Å². The smallest absolute Gasteiger partial charge is 0.348 e. The van der Waals surface area contributed by atoms with Crippen molar-refractivity contribution in [1.82, 2.24) is 10.4 Å². The first-order valence-electron chi connectivity index (χ1n) is 2.96. The topological polar surface area (TPSA) is 82.1 Å². The Labute approximate surface area is 63.6 Å². The second-order valence-corrected chi connectivity index (χ2v) is 1.78. The molecular weight excluding hydrogens is 144 g/mol. The number of amides is 2. The van der Waals surface area contributed by atoms with Gasteiger partial charge >= 0.3 is 6.03 Å². The first-order chi connectivity index (χ1) is 5.29. The van der Waals surface area contributed by atoms with Crippen molar-refractivity contribution >= 4 is 11.8 Å². The molecule has 0 atom stereocenters. The van der Waals surface area contributed by atoms with Crippen LogP contribution >= 0.6 is 0 Å². The molecule has 0 aromatic carbocycles. The van der Waals surface area contributed by atoms with E-state index in [9.17, 15) is 4.79 Å². The van der Waals surface area contributed by atoms with E-state index in [0.29, 0.717) is 5.82 Å². The highest BCUT2D eigenvalue weighted by Crippen LogP contribution is 1.96. The van der Waals surface area contributed by atoms with Gasteiger partial charge in [0.1, 0.15) is 5.82 Å². The summed E-state index contributed by atoms with van der Waals surface area (Å²) in [5.41, 5.74) is 10.3. The van der Waals surface area contributed by atoms with E-state index >= 15 is 0 Å². The highest BCUT2D eigenvalue weighted by atomic mass is 16.2. The van der Waals surface area contributed by atoms with E-state index in [1.165, 1.54) is 0 Å². The minimum atomic E-state index is -0.768. The van der Waals surface area contributed by atoms with Crippen LogP contribution in [0.4, 0.5) is 10.6 Å². The zero-order valence-corrected chi connectivity index (χ0v) is 5.69. The maximum atomic E-state index is 10.1. The van der Waals surface area contributed by atoms with Crippen molar-refractivity contribution in [1.29, 1.82) is 0 Å². The largest absolute Gasteiger partial charge is 0.355 e. The summed E-state index contributed by atoms with van der Waals surface area (Å²) in [7, 11) is 0. The van der Waals surface area contributed by atoms with Gasteiger partial charge in [-0.05, 0) is 12.1 Å². The molecule has 1 heterocycles. The van der Waals surface area contributed by atoms with Gasteiger partial charge in [0.2, 0.25) is 0 Å². The Morgan fingerprint density at radius 1 is 1.64 bits per heavy atom. The number of urea groups is 1. The van der Waals surface area contributed by atoms with Crippen molar-refractivity contribution < 1.29 is 4.79 Å². The molecule has 1 aromatic heterocycles. The van der Waals surface area contributed by atoms with Crippen LogP contribution in [-0.2, 0) is 0 Å². The first-order valence-corrected chi connectivity index (χ1v) is 2.96. The molecule has 3 N–H and O–H groups in total. The fourth-order valence-corrected chi connectivity index (χ4v) is 0.541. The number of carbonyl (C=O) groups is 1. The number of hydrogen-bond acceptors (Lipinski definition) is 3. The molecule has 0 saturated heterocycles. The van der Waals surface area contributed by atoms with Crippen LogP contribution in [0.1, 0.15) is 0 Å². The lowest BCUT2D eigenvalue weighted by molar-refractivity contribution is 0.250. The molecule has 5 heteroatoms. The third kappa shape index (κ3) is 2.53. The molecule has 11 heavy (non-hydrogen) atoms. The van der Waals surface area contributed by atoms with Crippen LogP contribution in [0.3, 0.4) is 0 Å². The van der Waals surface area contributed by atoms with Gasteiger partial charge in [-0.1, -0.05) is 6.07 Å². The Balaban J connectivity index is 2.45. The average Bonchev–Trinajstić information content (AvgIpc) is 2.03. The maximum Gasteiger partial charge on any atom is 0.355 e. The normalized spacial score (nSPS) is 8.73. The zero-order chi connectivity index (χ0) is 8.10. The lowest BCUT2D eigenvalue weighted by atomic mass is 10.5. The molecule has 5 nitrogen and oxygen atoms in total. The number of nitrogens with one attached hydrogen (secondary N) is 1. The molecule has 0 saturated carbocycles. The number of nitrogens with two attached hydrogens (primary N) is 1. The summed E-state index contributed by atoms with van der Waals surface area (Å²) in [6.07, 6.45) is 1.58. The van der Waals surface area contributed by atoms with Crippen molar-refractivity contribution in [2.45, 2.75) is 0 Å². The van der Waals surface area contributed by atoms with Gasteiger partial charge in [0.05, 0.1) is 0 Å². The molecule has 0 fully saturated rings. The summed E-state index contributed by atoms with van der Waals surface area (Å²) in [5, 5.41) is 0. The average molecular weight is 151 g/mol. The third-order valence-electron chi connectivity index (χ3n) is 0.946. The standard InChI is InChI=1S/C6H7N4O/c7-6(11)10-9-5-3-1-2-4-8-5/h1-4H,(H2,7,11)(H,8,9). The van der Waals surface area contributed by atoms with E-state index in [1.807, 2.05) is 0 Å². The van der Waals surface area contributed by atoms with Crippen LogP contribution in [0.25, 0.3) is 0 Å². The predicted molar refractivity (Wildman–Crippen MR) is 39.6 cm³/mol. The number of anilines is 1. The van der Waals surface area contributed by atoms with Crippen molar-refractivity contribution in [3.63, 3.8) is 0 Å². The van der Waals surface area contributed by atoms with Gasteiger partial charge < -0.3 is 5.73 Å². The highest BCUT2D eigenvalue weighted by Gasteiger charge is 1.93. The van der Waals surface area contributed by atoms with Crippen molar-refractivity contribution in [2.75, 3.05) is 5.43 Å². The van der Waals surface area contributed by atoms with Gasteiger partial charge in [-0.2, -0.15) is 0 Å². The predicted octanol–water partition coefficient (Wildman–Crippen LogP) is 0.0916. The van der Waals surface area contributed by atoms with E-state index < -0.39 is 6.03 Å². The third-order valence-corrected chi connectivity index (χ3v) is 0.946. The summed E-state index contributed by atoms with van der Waals surface area (Å²) < 4.78 is 0. The van der Waals surface area contributed by atoms with Crippen LogP contribution in [0, 0.1) is 0 Å². The first kappa shape index (κ1) is 7.33. The van der Waals surface area contributed by atoms with E-state index in [4.69, 9.17) is 5.73 Å². The quantitative estimate of drug-likeness (QED) is 0.587. The molecule has 0 bridgehead atoms. The molecule has 0 aliphatic heterocycles. The number of rotatable bonds is 2. The number of hydrogen-bond donors (Lipinski definition) is 2. The molecule has 1 rings (SSSR count). The lowest BCUT2D eigenvalue weighted by Crippen LogP contribution is -2.27. The maximum absolute atomic E-state index is 10.1. The fourth-order valence-electron chi connectivity index (χ4n) is 0.541. The number of primary amides is 1. The van der Waals surface area contributed by atoms with Crippen LogP contribution in [0.5, 0.6) is 0 Å². The Morgan fingerprint density at radius 2 is 2.45 bits per heavy atom. The lowest BCUT2D eigenvalue weighted by Gasteiger charge is -1.99. The Morgan fingerprint density at radius 3 is 3.00 bits per heavy atom. The fraction of sp³-hybridized carbons (Fsp3) is 0. The number of nitrogens with zero attached hydrogens (tertiary/aromatic N) is 2. The molecule has 1 aromatic rings. The second-order valence-electron chi connectivity index (χ2n) is 1.78. The van der Waals surface area contributed by atoms with Crippen LogP contribution < -0.4 is 16.6 Å². The molecular formula is C6H7N4O. The highest BCUT2D eigenvalue weighted by molar-refractivity contribution is 5.72. The van der Waals surface area contributed by atoms with Gasteiger partial charge in [0.15, 0.2) is 0 Å². The van der Waals surface area contributed by atoms with Crippen LogP contribution in [0.15, 0.2) is 24.4 Å². The van der Waals surface area contributed by atoms with Crippen LogP contribution in [-0.4, -0.2) is 11.0 Å². The van der Waals surface area contributed by atoms with Crippen molar-refractivity contribution in [3.8, 4) is 0 Å². The Kier molecular flexibility index (Phi) is 2.27. The number of pyridine rings is 1.